The zero-order valence-electron chi connectivity index (χ0n) is 13.4. The number of nitrogens with zero attached hydrogens (tertiary/aromatic N) is 2. The number of nitrogens with one attached hydrogen (secondary N) is 2. The minimum absolute atomic E-state index is 0.267. The standard InChI is InChI=1S/C16H18Cl2N4O2/c1-10-20-13(16(23)19-7-4-8-24-2)9-14(21-10)22-12-6-3-5-11(17)15(12)18/h3,5-6,9H,4,7-8H2,1-2H3,(H,19,23)(H,20,21,22). The Balaban J connectivity index is 2.13. The van der Waals surface area contributed by atoms with Crippen LogP contribution in [-0.2, 0) is 4.74 Å². The molecule has 0 saturated carbocycles. The number of carbonyl (C=O) groups is 1. The molecule has 1 amide bonds. The number of carbonyl (C=O) groups excluding carboxylic acids is 1. The SMILES string of the molecule is COCCCNC(=O)c1cc(Nc2cccc(Cl)c2Cl)nc(C)n1. The summed E-state index contributed by atoms with van der Waals surface area (Å²) in [4.78, 5) is 20.6. The maximum Gasteiger partial charge on any atom is 0.270 e. The Morgan fingerprint density at radius 2 is 2.08 bits per heavy atom. The lowest BCUT2D eigenvalue weighted by molar-refractivity contribution is 0.0943. The molecule has 0 bridgehead atoms. The van der Waals surface area contributed by atoms with Crippen LogP contribution in [0.25, 0.3) is 0 Å². The molecule has 6 nitrogen and oxygen atoms in total. The highest BCUT2D eigenvalue weighted by Crippen LogP contribution is 2.31. The Labute approximate surface area is 150 Å². The molecule has 2 aromatic rings. The topological polar surface area (TPSA) is 76.1 Å². The van der Waals surface area contributed by atoms with Crippen molar-refractivity contribution in [3.8, 4) is 0 Å². The van der Waals surface area contributed by atoms with E-state index in [0.717, 1.165) is 6.42 Å². The second-order valence-corrected chi connectivity index (χ2v) is 5.80. The first-order chi connectivity index (χ1) is 11.5. The summed E-state index contributed by atoms with van der Waals surface area (Å²) in [5.41, 5.74) is 0.884. The quantitative estimate of drug-likeness (QED) is 0.730. The maximum atomic E-state index is 12.2. The first-order valence-electron chi connectivity index (χ1n) is 7.35. The summed E-state index contributed by atoms with van der Waals surface area (Å²) in [6, 6.07) is 6.80. The molecule has 128 valence electrons. The summed E-state index contributed by atoms with van der Waals surface area (Å²) in [5, 5.41) is 6.67. The molecule has 0 aliphatic rings. The zero-order valence-corrected chi connectivity index (χ0v) is 14.9. The van der Waals surface area contributed by atoms with E-state index in [1.165, 1.54) is 0 Å². The van der Waals surface area contributed by atoms with Crippen molar-refractivity contribution in [2.75, 3.05) is 25.6 Å². The zero-order chi connectivity index (χ0) is 17.5. The molecule has 0 aliphatic heterocycles. The van der Waals surface area contributed by atoms with Gasteiger partial charge < -0.3 is 15.4 Å². The van der Waals surface area contributed by atoms with Gasteiger partial charge in [0.15, 0.2) is 0 Å². The van der Waals surface area contributed by atoms with Crippen molar-refractivity contribution >= 4 is 40.6 Å². The average molecular weight is 369 g/mol. The van der Waals surface area contributed by atoms with E-state index in [1.807, 2.05) is 0 Å². The number of aryl methyl sites for hydroxylation is 1. The molecule has 24 heavy (non-hydrogen) atoms. The number of halogens is 2. The average Bonchev–Trinajstić information content (AvgIpc) is 2.55. The van der Waals surface area contributed by atoms with E-state index in [-0.39, 0.29) is 11.6 Å². The molecule has 1 aromatic heterocycles. The van der Waals surface area contributed by atoms with Crippen LogP contribution in [0.1, 0.15) is 22.7 Å². The van der Waals surface area contributed by atoms with E-state index in [2.05, 4.69) is 20.6 Å². The molecular formula is C16H18Cl2N4O2. The highest BCUT2D eigenvalue weighted by molar-refractivity contribution is 6.43. The van der Waals surface area contributed by atoms with Gasteiger partial charge in [0.2, 0.25) is 0 Å². The molecule has 1 aromatic carbocycles. The van der Waals surface area contributed by atoms with Gasteiger partial charge in [-0.2, -0.15) is 0 Å². The van der Waals surface area contributed by atoms with E-state index in [1.54, 1.807) is 38.3 Å². The van der Waals surface area contributed by atoms with Gasteiger partial charge >= 0.3 is 0 Å². The number of aromatic nitrogens is 2. The van der Waals surface area contributed by atoms with Gasteiger partial charge in [-0.1, -0.05) is 29.3 Å². The van der Waals surface area contributed by atoms with Crippen LogP contribution >= 0.6 is 23.2 Å². The predicted molar refractivity (Wildman–Crippen MR) is 95.3 cm³/mol. The second-order valence-electron chi connectivity index (χ2n) is 5.01. The third kappa shape index (κ3) is 5.06. The van der Waals surface area contributed by atoms with Crippen LogP contribution in [0.5, 0.6) is 0 Å². The summed E-state index contributed by atoms with van der Waals surface area (Å²) in [5.74, 6) is 0.672. The number of hydrogen-bond donors (Lipinski definition) is 2. The molecule has 1 heterocycles. The van der Waals surface area contributed by atoms with Gasteiger partial charge in [0.25, 0.3) is 5.91 Å². The van der Waals surface area contributed by atoms with Crippen molar-refractivity contribution in [2.45, 2.75) is 13.3 Å². The molecule has 0 fully saturated rings. The van der Waals surface area contributed by atoms with Crippen molar-refractivity contribution in [3.05, 3.63) is 45.8 Å². The molecule has 0 radical (unpaired) electrons. The molecule has 0 aliphatic carbocycles. The van der Waals surface area contributed by atoms with Crippen molar-refractivity contribution in [3.63, 3.8) is 0 Å². The van der Waals surface area contributed by atoms with Crippen LogP contribution in [0.4, 0.5) is 11.5 Å². The van der Waals surface area contributed by atoms with Crippen LogP contribution in [0.15, 0.2) is 24.3 Å². The largest absolute Gasteiger partial charge is 0.385 e. The van der Waals surface area contributed by atoms with E-state index >= 15 is 0 Å². The van der Waals surface area contributed by atoms with Crippen LogP contribution in [0.3, 0.4) is 0 Å². The molecule has 0 spiro atoms. The first kappa shape index (κ1) is 18.4. The molecule has 0 atom stereocenters. The van der Waals surface area contributed by atoms with Crippen molar-refractivity contribution in [1.82, 2.24) is 15.3 Å². The number of rotatable bonds is 7. The Bertz CT molecular complexity index is 725. The van der Waals surface area contributed by atoms with Gasteiger partial charge in [-0.25, -0.2) is 9.97 Å². The first-order valence-corrected chi connectivity index (χ1v) is 8.10. The normalized spacial score (nSPS) is 10.5. The fraction of sp³-hybridized carbons (Fsp3) is 0.312. The van der Waals surface area contributed by atoms with Gasteiger partial charge in [0.1, 0.15) is 17.3 Å². The Hall–Kier alpha value is -1.89. The number of amides is 1. The summed E-state index contributed by atoms with van der Waals surface area (Å²) in [6.07, 6.45) is 0.732. The lowest BCUT2D eigenvalue weighted by atomic mass is 10.3. The third-order valence-electron chi connectivity index (χ3n) is 3.10. The highest BCUT2D eigenvalue weighted by Gasteiger charge is 2.11. The number of benzene rings is 1. The lowest BCUT2D eigenvalue weighted by Gasteiger charge is -2.11. The van der Waals surface area contributed by atoms with Crippen molar-refractivity contribution < 1.29 is 9.53 Å². The van der Waals surface area contributed by atoms with E-state index in [9.17, 15) is 4.79 Å². The Morgan fingerprint density at radius 1 is 1.29 bits per heavy atom. The molecule has 2 N–H and O–H groups in total. The number of anilines is 2. The van der Waals surface area contributed by atoms with Crippen LogP contribution in [0.2, 0.25) is 10.0 Å². The monoisotopic (exact) mass is 368 g/mol. The molecule has 0 unspecified atom stereocenters. The maximum absolute atomic E-state index is 12.2. The molecule has 0 saturated heterocycles. The van der Waals surface area contributed by atoms with Crippen LogP contribution < -0.4 is 10.6 Å². The summed E-state index contributed by atoms with van der Waals surface area (Å²) in [6.45, 7) is 2.81. The van der Waals surface area contributed by atoms with Crippen LogP contribution in [0, 0.1) is 6.92 Å². The van der Waals surface area contributed by atoms with E-state index in [4.69, 9.17) is 27.9 Å². The highest BCUT2D eigenvalue weighted by atomic mass is 35.5. The summed E-state index contributed by atoms with van der Waals surface area (Å²) in [7, 11) is 1.62. The number of ether oxygens (including phenoxy) is 1. The summed E-state index contributed by atoms with van der Waals surface area (Å²) >= 11 is 12.2. The lowest BCUT2D eigenvalue weighted by Crippen LogP contribution is -2.26. The number of methoxy groups -OCH3 is 1. The smallest absolute Gasteiger partial charge is 0.270 e. The number of hydrogen-bond acceptors (Lipinski definition) is 5. The second kappa shape index (κ2) is 8.82. The van der Waals surface area contributed by atoms with Gasteiger partial charge in [0, 0.05) is 26.3 Å². The Morgan fingerprint density at radius 3 is 2.83 bits per heavy atom. The molecule has 2 rings (SSSR count). The van der Waals surface area contributed by atoms with Crippen molar-refractivity contribution in [2.24, 2.45) is 0 Å². The van der Waals surface area contributed by atoms with E-state index < -0.39 is 0 Å². The fourth-order valence-electron chi connectivity index (χ4n) is 2.00. The fourth-order valence-corrected chi connectivity index (χ4v) is 2.34. The third-order valence-corrected chi connectivity index (χ3v) is 3.91. The summed E-state index contributed by atoms with van der Waals surface area (Å²) < 4.78 is 4.94. The van der Waals surface area contributed by atoms with Crippen molar-refractivity contribution in [1.29, 1.82) is 0 Å². The predicted octanol–water partition coefficient (Wildman–Crippen LogP) is 3.60. The van der Waals surface area contributed by atoms with Crippen LogP contribution in [-0.4, -0.2) is 36.1 Å². The minimum atomic E-state index is -0.267. The van der Waals surface area contributed by atoms with Gasteiger partial charge in [-0.15, -0.1) is 0 Å². The van der Waals surface area contributed by atoms with Gasteiger partial charge in [-0.3, -0.25) is 4.79 Å². The van der Waals surface area contributed by atoms with Gasteiger partial charge in [-0.05, 0) is 25.5 Å². The Kier molecular flexibility index (Phi) is 6.78. The molecular weight excluding hydrogens is 351 g/mol. The molecule has 8 heteroatoms. The van der Waals surface area contributed by atoms with Gasteiger partial charge in [0.05, 0.1) is 15.7 Å². The minimum Gasteiger partial charge on any atom is -0.385 e. The van der Waals surface area contributed by atoms with E-state index in [0.29, 0.717) is 40.5 Å².